The molecular weight excluding hydrogens is 308 g/mol. The fourth-order valence-corrected chi connectivity index (χ4v) is 4.71. The lowest BCUT2D eigenvalue weighted by Crippen LogP contribution is -2.30. The molecule has 0 saturated heterocycles. The Hall–Kier alpha value is -2.04. The molecule has 0 atom stereocenters. The molecule has 21 heavy (non-hydrogen) atoms. The molecule has 0 amide bonds. The Bertz CT molecular complexity index is 804. The zero-order valence-electron chi connectivity index (χ0n) is 11.6. The van der Waals surface area contributed by atoms with E-state index < -0.39 is 10.0 Å². The highest BCUT2D eigenvalue weighted by molar-refractivity contribution is 7.94. The van der Waals surface area contributed by atoms with Gasteiger partial charge in [0.2, 0.25) is 0 Å². The number of phenols is 1. The molecule has 0 spiro atoms. The smallest absolute Gasteiger partial charge is 0.273 e. The van der Waals surface area contributed by atoms with Gasteiger partial charge in [0, 0.05) is 12.6 Å². The summed E-state index contributed by atoms with van der Waals surface area (Å²) in [5.74, 6) is 0.00754. The molecule has 0 radical (unpaired) electrons. The van der Waals surface area contributed by atoms with Crippen LogP contribution in [0.4, 0.5) is 5.69 Å². The minimum absolute atomic E-state index is 0.00754. The van der Waals surface area contributed by atoms with Gasteiger partial charge >= 0.3 is 0 Å². The first-order chi connectivity index (χ1) is 9.90. The maximum Gasteiger partial charge on any atom is 0.273 e. The number of thiophene rings is 1. The van der Waals surface area contributed by atoms with Crippen LogP contribution in [0.2, 0.25) is 0 Å². The Balaban J connectivity index is 2.54. The highest BCUT2D eigenvalue weighted by Gasteiger charge is 2.26. The van der Waals surface area contributed by atoms with Crippen molar-refractivity contribution in [3.8, 4) is 11.8 Å². The molecule has 0 bridgehead atoms. The van der Waals surface area contributed by atoms with Gasteiger partial charge in [-0.05, 0) is 37.6 Å². The molecule has 0 saturated carbocycles. The van der Waals surface area contributed by atoms with Crippen LogP contribution in [0.5, 0.6) is 5.75 Å². The van der Waals surface area contributed by atoms with Gasteiger partial charge in [-0.1, -0.05) is 6.07 Å². The number of nitriles is 1. The zero-order chi connectivity index (χ0) is 15.6. The Kier molecular flexibility index (Phi) is 4.21. The summed E-state index contributed by atoms with van der Waals surface area (Å²) in [4.78, 5) is 0.345. The third kappa shape index (κ3) is 2.86. The van der Waals surface area contributed by atoms with Crippen LogP contribution in [0.1, 0.15) is 17.4 Å². The standard InChI is InChI=1S/C14H14N2O3S2/c1-3-16(13-8-11(17)5-4-10(13)2)21(18,19)14-7-6-12(9-15)20-14/h4-8,17H,3H2,1-2H3. The number of anilines is 1. The Morgan fingerprint density at radius 2 is 2.05 bits per heavy atom. The second-order valence-electron chi connectivity index (χ2n) is 4.37. The van der Waals surface area contributed by atoms with Gasteiger partial charge in [-0.3, -0.25) is 4.31 Å². The van der Waals surface area contributed by atoms with Crippen LogP contribution in [-0.2, 0) is 10.0 Å². The quantitative estimate of drug-likeness (QED) is 0.938. The third-order valence-corrected chi connectivity index (χ3v) is 6.33. The summed E-state index contributed by atoms with van der Waals surface area (Å²) in [6, 6.07) is 9.45. The molecule has 1 heterocycles. The first-order valence-electron chi connectivity index (χ1n) is 6.22. The molecule has 7 heteroatoms. The normalized spacial score (nSPS) is 11.1. The number of sulfonamides is 1. The van der Waals surface area contributed by atoms with E-state index in [1.165, 1.54) is 28.6 Å². The van der Waals surface area contributed by atoms with E-state index in [0.717, 1.165) is 16.9 Å². The number of nitrogens with zero attached hydrogens (tertiary/aromatic N) is 2. The van der Waals surface area contributed by atoms with E-state index in [0.29, 0.717) is 10.6 Å². The van der Waals surface area contributed by atoms with Gasteiger partial charge in [0.05, 0.1) is 5.69 Å². The number of phenolic OH excluding ortho intramolecular Hbond substituents is 1. The van der Waals surface area contributed by atoms with Crippen molar-refractivity contribution in [2.75, 3.05) is 10.8 Å². The fourth-order valence-electron chi connectivity index (χ4n) is 1.96. The van der Waals surface area contributed by atoms with Crippen LogP contribution in [-0.4, -0.2) is 20.1 Å². The molecule has 0 fully saturated rings. The van der Waals surface area contributed by atoms with Crippen LogP contribution in [0.15, 0.2) is 34.5 Å². The molecule has 0 aliphatic heterocycles. The molecule has 2 rings (SSSR count). The number of hydrogen-bond donors (Lipinski definition) is 1. The first kappa shape index (κ1) is 15.4. The van der Waals surface area contributed by atoms with Crippen LogP contribution < -0.4 is 4.31 Å². The van der Waals surface area contributed by atoms with Crippen molar-refractivity contribution in [1.82, 2.24) is 0 Å². The van der Waals surface area contributed by atoms with E-state index in [4.69, 9.17) is 5.26 Å². The highest BCUT2D eigenvalue weighted by atomic mass is 32.2. The summed E-state index contributed by atoms with van der Waals surface area (Å²) < 4.78 is 26.7. The number of aromatic hydroxyl groups is 1. The van der Waals surface area contributed by atoms with Crippen molar-refractivity contribution in [1.29, 1.82) is 5.26 Å². The summed E-state index contributed by atoms with van der Waals surface area (Å²) in [6.07, 6.45) is 0. The Labute approximate surface area is 127 Å². The molecular formula is C14H14N2O3S2. The van der Waals surface area contributed by atoms with Crippen LogP contribution >= 0.6 is 11.3 Å². The average molecular weight is 322 g/mol. The summed E-state index contributed by atoms with van der Waals surface area (Å²) in [7, 11) is -3.74. The average Bonchev–Trinajstić information content (AvgIpc) is 2.93. The van der Waals surface area contributed by atoms with Crippen molar-refractivity contribution in [2.45, 2.75) is 18.1 Å². The van der Waals surface area contributed by atoms with Crippen molar-refractivity contribution in [2.24, 2.45) is 0 Å². The van der Waals surface area contributed by atoms with Crippen molar-refractivity contribution >= 4 is 27.0 Å². The lowest BCUT2D eigenvalue weighted by atomic mass is 10.2. The van der Waals surface area contributed by atoms with E-state index in [2.05, 4.69) is 0 Å². The lowest BCUT2D eigenvalue weighted by Gasteiger charge is -2.23. The minimum atomic E-state index is -3.74. The summed E-state index contributed by atoms with van der Waals surface area (Å²) in [6.45, 7) is 3.73. The van der Waals surface area contributed by atoms with E-state index in [1.807, 2.05) is 6.07 Å². The second kappa shape index (κ2) is 5.76. The highest BCUT2D eigenvalue weighted by Crippen LogP contribution is 2.32. The van der Waals surface area contributed by atoms with Gasteiger partial charge in [0.25, 0.3) is 10.0 Å². The number of aryl methyl sites for hydroxylation is 1. The Morgan fingerprint density at radius 3 is 2.62 bits per heavy atom. The molecule has 0 aliphatic rings. The largest absolute Gasteiger partial charge is 0.508 e. The summed E-state index contributed by atoms with van der Waals surface area (Å²) >= 11 is 0.935. The molecule has 0 unspecified atom stereocenters. The fraction of sp³-hybridized carbons (Fsp3) is 0.214. The van der Waals surface area contributed by atoms with E-state index in [1.54, 1.807) is 19.9 Å². The summed E-state index contributed by atoms with van der Waals surface area (Å²) in [5.41, 5.74) is 1.18. The number of rotatable bonds is 4. The minimum Gasteiger partial charge on any atom is -0.508 e. The number of benzene rings is 1. The number of hydrogen-bond acceptors (Lipinski definition) is 5. The SMILES string of the molecule is CCN(c1cc(O)ccc1C)S(=O)(=O)c1ccc(C#N)s1. The molecule has 110 valence electrons. The second-order valence-corrected chi connectivity index (χ2v) is 7.54. The molecule has 5 nitrogen and oxygen atoms in total. The zero-order valence-corrected chi connectivity index (χ0v) is 13.2. The first-order valence-corrected chi connectivity index (χ1v) is 8.48. The lowest BCUT2D eigenvalue weighted by molar-refractivity contribution is 0.475. The molecule has 1 aromatic carbocycles. The molecule has 1 N–H and O–H groups in total. The van der Waals surface area contributed by atoms with Gasteiger partial charge in [-0.25, -0.2) is 8.42 Å². The Morgan fingerprint density at radius 1 is 1.33 bits per heavy atom. The molecule has 0 aliphatic carbocycles. The predicted molar refractivity (Wildman–Crippen MR) is 82.1 cm³/mol. The van der Waals surface area contributed by atoms with Crippen molar-refractivity contribution < 1.29 is 13.5 Å². The van der Waals surface area contributed by atoms with Crippen LogP contribution in [0.25, 0.3) is 0 Å². The summed E-state index contributed by atoms with van der Waals surface area (Å²) in [5, 5.41) is 18.4. The third-order valence-electron chi connectivity index (χ3n) is 2.98. The van der Waals surface area contributed by atoms with Crippen molar-refractivity contribution in [3.63, 3.8) is 0 Å². The van der Waals surface area contributed by atoms with Gasteiger partial charge in [-0.15, -0.1) is 11.3 Å². The maximum atomic E-state index is 12.7. The van der Waals surface area contributed by atoms with Crippen LogP contribution in [0.3, 0.4) is 0 Å². The van der Waals surface area contributed by atoms with Gasteiger partial charge in [0.1, 0.15) is 20.9 Å². The van der Waals surface area contributed by atoms with E-state index in [9.17, 15) is 13.5 Å². The topological polar surface area (TPSA) is 81.4 Å². The van der Waals surface area contributed by atoms with Crippen molar-refractivity contribution in [3.05, 3.63) is 40.8 Å². The maximum absolute atomic E-state index is 12.7. The van der Waals surface area contributed by atoms with Gasteiger partial charge in [0.15, 0.2) is 0 Å². The molecule has 2 aromatic rings. The molecule has 1 aromatic heterocycles. The van der Waals surface area contributed by atoms with Crippen LogP contribution in [0, 0.1) is 18.3 Å². The van der Waals surface area contributed by atoms with Gasteiger partial charge < -0.3 is 5.11 Å². The predicted octanol–water partition coefficient (Wildman–Crippen LogP) is 2.85. The van der Waals surface area contributed by atoms with E-state index >= 15 is 0 Å². The van der Waals surface area contributed by atoms with Gasteiger partial charge in [-0.2, -0.15) is 5.26 Å². The monoisotopic (exact) mass is 322 g/mol. The van der Waals surface area contributed by atoms with E-state index in [-0.39, 0.29) is 16.5 Å².